The van der Waals surface area contributed by atoms with Crippen molar-refractivity contribution in [1.29, 1.82) is 0 Å². The van der Waals surface area contributed by atoms with Gasteiger partial charge < -0.3 is 5.11 Å². The number of aliphatic hydroxyl groups is 1. The van der Waals surface area contributed by atoms with Crippen LogP contribution >= 0.6 is 0 Å². The molecule has 1 aromatic rings. The molecule has 2 aliphatic rings. The van der Waals surface area contributed by atoms with E-state index in [0.717, 1.165) is 25.2 Å². The second kappa shape index (κ2) is 3.81. The Balaban J connectivity index is 1.98. The fourth-order valence-corrected chi connectivity index (χ4v) is 4.71. The summed E-state index contributed by atoms with van der Waals surface area (Å²) in [5.41, 5.74) is -0.668. The zero-order valence-electron chi connectivity index (χ0n) is 12.5. The Hall–Kier alpha value is -0.900. The van der Waals surface area contributed by atoms with Crippen molar-refractivity contribution in [2.24, 2.45) is 16.7 Å². The molecule has 106 valence electrons. The van der Waals surface area contributed by atoms with Crippen LogP contribution in [0, 0.1) is 16.7 Å². The number of aryl methyl sites for hydroxylation is 1. The number of aromatic nitrogens is 3. The average molecular weight is 263 g/mol. The molecule has 0 saturated heterocycles. The maximum Gasteiger partial charge on any atom is 0.138 e. The Labute approximate surface area is 115 Å². The van der Waals surface area contributed by atoms with Crippen molar-refractivity contribution >= 4 is 0 Å². The Bertz CT molecular complexity index is 489. The van der Waals surface area contributed by atoms with Gasteiger partial charge in [-0.05, 0) is 42.9 Å². The van der Waals surface area contributed by atoms with Gasteiger partial charge in [0.2, 0.25) is 0 Å². The number of fused-ring (bicyclic) bond motifs is 2. The predicted octanol–water partition coefficient (Wildman–Crippen LogP) is 2.42. The first-order valence-electron chi connectivity index (χ1n) is 7.43. The van der Waals surface area contributed by atoms with Crippen molar-refractivity contribution in [3.8, 4) is 0 Å². The van der Waals surface area contributed by atoms with Crippen LogP contribution in [0.5, 0.6) is 0 Å². The molecule has 0 radical (unpaired) electrons. The second-order valence-corrected chi connectivity index (χ2v) is 7.25. The van der Waals surface area contributed by atoms with Crippen molar-refractivity contribution in [2.45, 2.75) is 65.5 Å². The number of rotatable bonds is 3. The summed E-state index contributed by atoms with van der Waals surface area (Å²) >= 11 is 0. The van der Waals surface area contributed by atoms with Gasteiger partial charge in [0, 0.05) is 13.0 Å². The van der Waals surface area contributed by atoms with Crippen LogP contribution in [0.3, 0.4) is 0 Å². The van der Waals surface area contributed by atoms with E-state index in [1.807, 2.05) is 4.68 Å². The van der Waals surface area contributed by atoms with Gasteiger partial charge in [-0.15, -0.1) is 0 Å². The summed E-state index contributed by atoms with van der Waals surface area (Å²) in [4.78, 5) is 4.37. The van der Waals surface area contributed by atoms with Crippen molar-refractivity contribution in [2.75, 3.05) is 0 Å². The SMILES string of the molecule is CCn1ncnc1CC1(O)C2(C)CCC(C2)C1(C)C. The molecule has 4 nitrogen and oxygen atoms in total. The van der Waals surface area contributed by atoms with Gasteiger partial charge in [-0.25, -0.2) is 4.98 Å². The summed E-state index contributed by atoms with van der Waals surface area (Å²) < 4.78 is 1.91. The molecule has 0 aliphatic heterocycles. The summed E-state index contributed by atoms with van der Waals surface area (Å²) in [6.07, 6.45) is 5.77. The topological polar surface area (TPSA) is 50.9 Å². The lowest BCUT2D eigenvalue weighted by molar-refractivity contribution is -0.143. The molecule has 1 heterocycles. The Morgan fingerprint density at radius 2 is 2.16 bits per heavy atom. The third-order valence-corrected chi connectivity index (χ3v) is 6.24. The lowest BCUT2D eigenvalue weighted by Crippen LogP contribution is -2.55. The monoisotopic (exact) mass is 263 g/mol. The molecule has 3 unspecified atom stereocenters. The van der Waals surface area contributed by atoms with Gasteiger partial charge in [0.15, 0.2) is 0 Å². The van der Waals surface area contributed by atoms with Gasteiger partial charge in [-0.1, -0.05) is 20.8 Å². The molecule has 2 aliphatic carbocycles. The molecule has 4 heteroatoms. The second-order valence-electron chi connectivity index (χ2n) is 7.25. The molecular weight excluding hydrogens is 238 g/mol. The van der Waals surface area contributed by atoms with Gasteiger partial charge in [-0.2, -0.15) is 5.10 Å². The summed E-state index contributed by atoms with van der Waals surface area (Å²) in [6, 6.07) is 0. The van der Waals surface area contributed by atoms with Gasteiger partial charge in [0.1, 0.15) is 12.2 Å². The Morgan fingerprint density at radius 3 is 2.74 bits per heavy atom. The number of hydrogen-bond acceptors (Lipinski definition) is 3. The van der Waals surface area contributed by atoms with Gasteiger partial charge >= 0.3 is 0 Å². The fraction of sp³-hybridized carbons (Fsp3) is 0.867. The molecule has 1 N–H and O–H groups in total. The van der Waals surface area contributed by atoms with Crippen molar-refractivity contribution < 1.29 is 5.11 Å². The van der Waals surface area contributed by atoms with Gasteiger partial charge in [0.05, 0.1) is 5.60 Å². The van der Waals surface area contributed by atoms with Crippen LogP contribution in [0.25, 0.3) is 0 Å². The highest BCUT2D eigenvalue weighted by Gasteiger charge is 2.68. The van der Waals surface area contributed by atoms with Crippen LogP contribution in [0.4, 0.5) is 0 Å². The van der Waals surface area contributed by atoms with Crippen molar-refractivity contribution in [1.82, 2.24) is 14.8 Å². The molecule has 2 saturated carbocycles. The zero-order valence-corrected chi connectivity index (χ0v) is 12.5. The highest BCUT2D eigenvalue weighted by molar-refractivity contribution is 5.20. The molecule has 0 amide bonds. The van der Waals surface area contributed by atoms with Crippen molar-refractivity contribution in [3.63, 3.8) is 0 Å². The third kappa shape index (κ3) is 1.49. The number of nitrogens with zero attached hydrogens (tertiary/aromatic N) is 3. The van der Waals surface area contributed by atoms with Gasteiger partial charge in [0.25, 0.3) is 0 Å². The van der Waals surface area contributed by atoms with E-state index in [2.05, 4.69) is 37.8 Å². The largest absolute Gasteiger partial charge is 0.388 e. The first kappa shape index (κ1) is 13.1. The van der Waals surface area contributed by atoms with E-state index in [0.29, 0.717) is 12.3 Å². The first-order chi connectivity index (χ1) is 8.84. The molecule has 1 aromatic heterocycles. The van der Waals surface area contributed by atoms with E-state index >= 15 is 0 Å². The van der Waals surface area contributed by atoms with E-state index in [9.17, 15) is 5.11 Å². The zero-order chi connectivity index (χ0) is 13.9. The van der Waals surface area contributed by atoms with E-state index in [1.165, 1.54) is 6.42 Å². The lowest BCUT2D eigenvalue weighted by atomic mass is 9.59. The standard InChI is InChI=1S/C15H25N3O/c1-5-18-12(16-10-17-18)9-15(19)13(2,3)11-6-7-14(15,4)8-11/h10-11,19H,5-9H2,1-4H3. The van der Waals surface area contributed by atoms with Crippen LogP contribution in [0.2, 0.25) is 0 Å². The van der Waals surface area contributed by atoms with Crippen LogP contribution in [-0.4, -0.2) is 25.5 Å². The summed E-state index contributed by atoms with van der Waals surface area (Å²) in [7, 11) is 0. The predicted molar refractivity (Wildman–Crippen MR) is 73.6 cm³/mol. The van der Waals surface area contributed by atoms with Gasteiger partial charge in [-0.3, -0.25) is 4.68 Å². The maximum absolute atomic E-state index is 11.5. The summed E-state index contributed by atoms with van der Waals surface area (Å²) in [5, 5.41) is 15.7. The quantitative estimate of drug-likeness (QED) is 0.911. The molecule has 3 atom stereocenters. The van der Waals surface area contributed by atoms with E-state index < -0.39 is 5.60 Å². The molecule has 0 spiro atoms. The van der Waals surface area contributed by atoms with E-state index in [1.54, 1.807) is 6.33 Å². The maximum atomic E-state index is 11.5. The smallest absolute Gasteiger partial charge is 0.138 e. The molecule has 2 fully saturated rings. The Morgan fingerprint density at radius 1 is 1.42 bits per heavy atom. The first-order valence-corrected chi connectivity index (χ1v) is 7.43. The molecule has 0 aromatic carbocycles. The van der Waals surface area contributed by atoms with Crippen molar-refractivity contribution in [3.05, 3.63) is 12.2 Å². The summed E-state index contributed by atoms with van der Waals surface area (Å²) in [6.45, 7) is 9.60. The molecule has 19 heavy (non-hydrogen) atoms. The van der Waals surface area contributed by atoms with Crippen LogP contribution in [0.15, 0.2) is 6.33 Å². The van der Waals surface area contributed by atoms with E-state index in [4.69, 9.17) is 0 Å². The third-order valence-electron chi connectivity index (χ3n) is 6.24. The molecular formula is C15H25N3O. The van der Waals surface area contributed by atoms with Crippen LogP contribution < -0.4 is 0 Å². The molecule has 2 bridgehead atoms. The van der Waals surface area contributed by atoms with Crippen LogP contribution in [0.1, 0.15) is 52.8 Å². The van der Waals surface area contributed by atoms with E-state index in [-0.39, 0.29) is 10.8 Å². The summed E-state index contributed by atoms with van der Waals surface area (Å²) in [5.74, 6) is 1.56. The van der Waals surface area contributed by atoms with Crippen LogP contribution in [-0.2, 0) is 13.0 Å². The minimum absolute atomic E-state index is 0.0334. The highest BCUT2D eigenvalue weighted by atomic mass is 16.3. The Kier molecular flexibility index (Phi) is 2.63. The number of hydrogen-bond donors (Lipinski definition) is 1. The minimum atomic E-state index is -0.664. The average Bonchev–Trinajstić information content (AvgIpc) is 2.98. The lowest BCUT2D eigenvalue weighted by Gasteiger charge is -2.50. The normalized spacial score (nSPS) is 39.9. The minimum Gasteiger partial charge on any atom is -0.388 e. The fourth-order valence-electron chi connectivity index (χ4n) is 4.71. The highest BCUT2D eigenvalue weighted by Crippen LogP contribution is 2.68. The molecule has 3 rings (SSSR count).